The summed E-state index contributed by atoms with van der Waals surface area (Å²) in [5.74, 6) is 14.9. The SMILES string of the molecule is Cc1cc(C)c(B(c2cc(C#Cc3ccccc3)c(B(c3c(C)cc(C)cc3C)c3c(C)cc(C)cc3C)cc2C#Cc2ccccc2)c2c(C)cc(C)cc2C)c(C)c1. The van der Waals surface area contributed by atoms with Crippen LogP contribution in [0.1, 0.15) is 89.0 Å². The Bertz CT molecular complexity index is 2480. The highest BCUT2D eigenvalue weighted by Crippen LogP contribution is 2.18. The van der Waals surface area contributed by atoms with E-state index in [1.165, 1.54) is 99.5 Å². The topological polar surface area (TPSA) is 0 Å². The van der Waals surface area contributed by atoms with E-state index in [0.29, 0.717) is 0 Å². The molecular weight excluding hydrogens is 718 g/mol. The second kappa shape index (κ2) is 17.6. The van der Waals surface area contributed by atoms with Crippen molar-refractivity contribution < 1.29 is 0 Å². The monoisotopic (exact) mass is 774 g/mol. The van der Waals surface area contributed by atoms with Crippen molar-refractivity contribution in [3.63, 3.8) is 0 Å². The van der Waals surface area contributed by atoms with Gasteiger partial charge in [0.2, 0.25) is 13.4 Å². The van der Waals surface area contributed by atoms with Crippen LogP contribution in [-0.4, -0.2) is 13.4 Å². The summed E-state index contributed by atoms with van der Waals surface area (Å²) < 4.78 is 0. The Morgan fingerprint density at radius 3 is 0.750 bits per heavy atom. The molecule has 0 nitrogen and oxygen atoms in total. The van der Waals surface area contributed by atoms with Gasteiger partial charge in [-0.3, -0.25) is 0 Å². The van der Waals surface area contributed by atoms with Gasteiger partial charge in [0.05, 0.1) is 0 Å². The highest BCUT2D eigenvalue weighted by molar-refractivity contribution is 6.98. The van der Waals surface area contributed by atoms with E-state index in [4.69, 9.17) is 0 Å². The van der Waals surface area contributed by atoms with Gasteiger partial charge in [0.15, 0.2) is 0 Å². The summed E-state index contributed by atoms with van der Waals surface area (Å²) in [7, 11) is 0. The summed E-state index contributed by atoms with van der Waals surface area (Å²) >= 11 is 0. The zero-order valence-electron chi connectivity index (χ0n) is 37.7. The van der Waals surface area contributed by atoms with Gasteiger partial charge >= 0.3 is 0 Å². The van der Waals surface area contributed by atoms with E-state index >= 15 is 0 Å². The van der Waals surface area contributed by atoms with Crippen molar-refractivity contribution in [2.75, 3.05) is 0 Å². The molecule has 60 heavy (non-hydrogen) atoms. The van der Waals surface area contributed by atoms with E-state index in [-0.39, 0.29) is 13.4 Å². The molecule has 0 N–H and O–H groups in total. The number of hydrogen-bond donors (Lipinski definition) is 0. The molecule has 2 heteroatoms. The number of aryl methyl sites for hydroxylation is 12. The van der Waals surface area contributed by atoms with Gasteiger partial charge in [0, 0.05) is 22.3 Å². The van der Waals surface area contributed by atoms with Gasteiger partial charge in [0.25, 0.3) is 0 Å². The predicted octanol–water partition coefficient (Wildman–Crippen LogP) is 9.22. The molecule has 0 aromatic heterocycles. The second-order valence-electron chi connectivity index (χ2n) is 17.4. The van der Waals surface area contributed by atoms with Crippen molar-refractivity contribution in [3.05, 3.63) is 210 Å². The maximum Gasteiger partial charge on any atom is 0.244 e. The lowest BCUT2D eigenvalue weighted by Gasteiger charge is -2.28. The van der Waals surface area contributed by atoms with Gasteiger partial charge < -0.3 is 0 Å². The Morgan fingerprint density at radius 1 is 0.283 bits per heavy atom. The molecule has 7 rings (SSSR count). The number of benzene rings is 7. The molecule has 0 bridgehead atoms. The van der Waals surface area contributed by atoms with Gasteiger partial charge in [-0.2, -0.15) is 0 Å². The Morgan fingerprint density at radius 2 is 0.517 bits per heavy atom. The Labute approximate surface area is 361 Å². The minimum Gasteiger partial charge on any atom is -0.0628 e. The fourth-order valence-corrected chi connectivity index (χ4v) is 10.1. The fourth-order valence-electron chi connectivity index (χ4n) is 10.1. The molecule has 0 spiro atoms. The number of hydrogen-bond acceptors (Lipinski definition) is 0. The molecule has 0 radical (unpaired) electrons. The lowest BCUT2D eigenvalue weighted by molar-refractivity contribution is 1.33. The summed E-state index contributed by atoms with van der Waals surface area (Å²) in [5.41, 5.74) is 27.1. The van der Waals surface area contributed by atoms with Crippen LogP contribution in [0, 0.1) is 107 Å². The molecule has 0 saturated heterocycles. The molecule has 7 aromatic carbocycles. The summed E-state index contributed by atoms with van der Waals surface area (Å²) in [5, 5.41) is 0. The molecule has 0 atom stereocenters. The Kier molecular flexibility index (Phi) is 12.3. The molecule has 0 fully saturated rings. The Hall–Kier alpha value is -6.21. The molecular formula is C58H56B2. The van der Waals surface area contributed by atoms with Crippen molar-refractivity contribution in [1.29, 1.82) is 0 Å². The minimum absolute atomic E-state index is 0.0817. The molecule has 0 aliphatic carbocycles. The first kappa shape index (κ1) is 41.9. The average molecular weight is 775 g/mol. The zero-order valence-corrected chi connectivity index (χ0v) is 37.7. The maximum absolute atomic E-state index is 3.83. The van der Waals surface area contributed by atoms with Crippen LogP contribution in [0.4, 0.5) is 0 Å². The maximum atomic E-state index is 3.83. The van der Waals surface area contributed by atoms with Crippen LogP contribution in [0.5, 0.6) is 0 Å². The zero-order chi connectivity index (χ0) is 42.8. The van der Waals surface area contributed by atoms with Crippen LogP contribution in [0.15, 0.2) is 121 Å². The molecule has 0 aliphatic heterocycles. The van der Waals surface area contributed by atoms with Crippen molar-refractivity contribution >= 4 is 46.2 Å². The second-order valence-corrected chi connectivity index (χ2v) is 17.4. The highest BCUT2D eigenvalue weighted by Gasteiger charge is 2.35. The molecule has 0 heterocycles. The van der Waals surface area contributed by atoms with Gasteiger partial charge in [-0.25, -0.2) is 0 Å². The van der Waals surface area contributed by atoms with Gasteiger partial charge in [0.1, 0.15) is 0 Å². The summed E-state index contributed by atoms with van der Waals surface area (Å²) in [6.07, 6.45) is 0. The molecule has 0 unspecified atom stereocenters. The van der Waals surface area contributed by atoms with Crippen LogP contribution in [0.3, 0.4) is 0 Å². The van der Waals surface area contributed by atoms with Crippen LogP contribution >= 0.6 is 0 Å². The first-order valence-electron chi connectivity index (χ1n) is 21.3. The van der Waals surface area contributed by atoms with Crippen molar-refractivity contribution in [2.24, 2.45) is 0 Å². The first-order valence-corrected chi connectivity index (χ1v) is 21.3. The van der Waals surface area contributed by atoms with Crippen molar-refractivity contribution in [1.82, 2.24) is 0 Å². The molecule has 294 valence electrons. The average Bonchev–Trinajstić information content (AvgIpc) is 3.17. The molecule has 0 aliphatic rings. The minimum atomic E-state index is -0.0817. The van der Waals surface area contributed by atoms with Gasteiger partial charge in [-0.1, -0.05) is 220 Å². The summed E-state index contributed by atoms with van der Waals surface area (Å²) in [6.45, 7) is 26.9. The van der Waals surface area contributed by atoms with E-state index in [1.807, 2.05) is 0 Å². The van der Waals surface area contributed by atoms with Gasteiger partial charge in [-0.05, 0) is 107 Å². The fraction of sp³-hybridized carbons (Fsp3) is 0.207. The van der Waals surface area contributed by atoms with E-state index in [1.54, 1.807) is 0 Å². The quantitative estimate of drug-likeness (QED) is 0.117. The normalized spacial score (nSPS) is 10.7. The van der Waals surface area contributed by atoms with E-state index in [9.17, 15) is 0 Å². The highest BCUT2D eigenvalue weighted by atomic mass is 14.2. The van der Waals surface area contributed by atoms with Crippen LogP contribution in [-0.2, 0) is 0 Å². The lowest BCUT2D eigenvalue weighted by atomic mass is 9.31. The molecule has 0 amide bonds. The molecule has 0 saturated carbocycles. The smallest absolute Gasteiger partial charge is 0.0628 e. The number of rotatable bonds is 6. The van der Waals surface area contributed by atoms with E-state index < -0.39 is 0 Å². The van der Waals surface area contributed by atoms with Crippen molar-refractivity contribution in [3.8, 4) is 23.7 Å². The standard InChI is InChI=1S/C58H56B2/c1-37-27-41(5)55(42(6)28-37)59(56-43(7)29-38(2)30-44(56)8)53-35-52(26-24-50-21-17-14-18-22-50)54(36-51(53)25-23-49-19-15-13-16-20-49)60(57-45(9)31-39(3)32-46(57)10)58-47(11)33-40(4)34-48(58)12/h13-22,27-36H,1-12H3. The third-order valence-corrected chi connectivity index (χ3v) is 12.2. The van der Waals surface area contributed by atoms with Gasteiger partial charge in [-0.15, -0.1) is 0 Å². The largest absolute Gasteiger partial charge is 0.244 e. The van der Waals surface area contributed by atoms with E-state index in [0.717, 1.165) is 22.3 Å². The Balaban J connectivity index is 1.69. The first-order chi connectivity index (χ1) is 28.7. The third kappa shape index (κ3) is 8.72. The van der Waals surface area contributed by atoms with Crippen LogP contribution in [0.2, 0.25) is 0 Å². The summed E-state index contributed by atoms with van der Waals surface area (Å²) in [6, 6.07) is 44.4. The van der Waals surface area contributed by atoms with Crippen LogP contribution in [0.25, 0.3) is 0 Å². The van der Waals surface area contributed by atoms with Crippen LogP contribution < -0.4 is 32.8 Å². The van der Waals surface area contributed by atoms with E-state index in [2.05, 4.69) is 228 Å². The molecule has 7 aromatic rings. The lowest BCUT2D eigenvalue weighted by Crippen LogP contribution is -2.59. The summed E-state index contributed by atoms with van der Waals surface area (Å²) in [4.78, 5) is 0. The third-order valence-electron chi connectivity index (χ3n) is 12.2. The van der Waals surface area contributed by atoms with Crippen molar-refractivity contribution in [2.45, 2.75) is 83.1 Å². The predicted molar refractivity (Wildman–Crippen MR) is 263 cm³/mol.